The molecule has 1 fully saturated rings. The molecular formula is C15H24N2O5. The minimum atomic E-state index is -1.18. The maximum absolute atomic E-state index is 12.6. The SMILES string of the molecule is COC(=O)C1=NC2(OC1)C(C)C[C@@H](C)N2C(=O)OC(C)(C)C. The van der Waals surface area contributed by atoms with E-state index in [-0.39, 0.29) is 24.3 Å². The third-order valence-electron chi connectivity index (χ3n) is 3.85. The fraction of sp³-hybridized carbons (Fsp3) is 0.800. The van der Waals surface area contributed by atoms with E-state index in [1.165, 1.54) is 12.0 Å². The molecule has 0 saturated carbocycles. The number of nitrogens with zero attached hydrogens (tertiary/aromatic N) is 2. The lowest BCUT2D eigenvalue weighted by Crippen LogP contribution is -2.52. The normalized spacial score (nSPS) is 31.4. The molecule has 0 N–H and O–H groups in total. The first-order valence-corrected chi connectivity index (χ1v) is 7.44. The third-order valence-corrected chi connectivity index (χ3v) is 3.85. The summed E-state index contributed by atoms with van der Waals surface area (Å²) < 4.78 is 16.0. The Hall–Kier alpha value is -1.63. The van der Waals surface area contributed by atoms with Crippen molar-refractivity contribution >= 4 is 17.8 Å². The van der Waals surface area contributed by atoms with Crippen molar-refractivity contribution in [2.24, 2.45) is 10.9 Å². The molecule has 2 rings (SSSR count). The van der Waals surface area contributed by atoms with Gasteiger partial charge in [0.05, 0.1) is 7.11 Å². The minimum absolute atomic E-state index is 0.0308. The largest absolute Gasteiger partial charge is 0.464 e. The Labute approximate surface area is 130 Å². The molecule has 22 heavy (non-hydrogen) atoms. The molecule has 0 aliphatic carbocycles. The average Bonchev–Trinajstić information content (AvgIpc) is 2.91. The lowest BCUT2D eigenvalue weighted by Gasteiger charge is -2.36. The first-order chi connectivity index (χ1) is 10.1. The molecule has 2 heterocycles. The van der Waals surface area contributed by atoms with Gasteiger partial charge in [-0.05, 0) is 34.1 Å². The van der Waals surface area contributed by atoms with Crippen LogP contribution in [-0.2, 0) is 19.0 Å². The number of hydrogen-bond acceptors (Lipinski definition) is 6. The fourth-order valence-electron chi connectivity index (χ4n) is 2.98. The molecule has 0 radical (unpaired) electrons. The number of esters is 1. The second kappa shape index (κ2) is 5.53. The van der Waals surface area contributed by atoms with Gasteiger partial charge in [-0.1, -0.05) is 6.92 Å². The van der Waals surface area contributed by atoms with Gasteiger partial charge in [-0.2, -0.15) is 0 Å². The molecule has 1 saturated heterocycles. The predicted molar refractivity (Wildman–Crippen MR) is 79.5 cm³/mol. The van der Waals surface area contributed by atoms with E-state index >= 15 is 0 Å². The Morgan fingerprint density at radius 2 is 2.00 bits per heavy atom. The third kappa shape index (κ3) is 2.82. The number of carbonyl (C=O) groups excluding carboxylic acids is 2. The minimum Gasteiger partial charge on any atom is -0.464 e. The highest BCUT2D eigenvalue weighted by atomic mass is 16.6. The van der Waals surface area contributed by atoms with E-state index in [1.54, 1.807) is 20.8 Å². The van der Waals surface area contributed by atoms with Crippen LogP contribution in [0.1, 0.15) is 41.0 Å². The summed E-state index contributed by atoms with van der Waals surface area (Å²) in [7, 11) is 1.29. The number of ether oxygens (including phenoxy) is 3. The molecule has 2 unspecified atom stereocenters. The van der Waals surface area contributed by atoms with Gasteiger partial charge < -0.3 is 14.2 Å². The molecule has 3 atom stereocenters. The standard InChI is InChI=1S/C15H24N2O5/c1-9-7-10(2)17(13(19)22-14(3,4)5)15(9)16-11(8-21-15)12(18)20-6/h9-10H,7-8H2,1-6H3/t9?,10-,15?/m1/s1. The zero-order valence-corrected chi connectivity index (χ0v) is 14.0. The lowest BCUT2D eigenvalue weighted by atomic mass is 10.0. The molecular weight excluding hydrogens is 288 g/mol. The first kappa shape index (κ1) is 16.7. The molecule has 1 spiro atoms. The summed E-state index contributed by atoms with van der Waals surface area (Å²) in [6.07, 6.45) is 0.233. The number of rotatable bonds is 1. The van der Waals surface area contributed by atoms with Crippen LogP contribution in [0.3, 0.4) is 0 Å². The molecule has 0 bridgehead atoms. The van der Waals surface area contributed by atoms with Gasteiger partial charge in [-0.15, -0.1) is 0 Å². The van der Waals surface area contributed by atoms with Crippen LogP contribution in [0.2, 0.25) is 0 Å². The van der Waals surface area contributed by atoms with Crippen LogP contribution in [0.4, 0.5) is 4.79 Å². The quantitative estimate of drug-likeness (QED) is 0.692. The molecule has 2 aliphatic rings. The smallest absolute Gasteiger partial charge is 0.414 e. The molecule has 7 heteroatoms. The summed E-state index contributed by atoms with van der Waals surface area (Å²) in [5.41, 5.74) is -0.422. The number of likely N-dealkylation sites (tertiary alicyclic amines) is 1. The molecule has 0 aromatic carbocycles. The van der Waals surface area contributed by atoms with Gasteiger partial charge in [-0.25, -0.2) is 14.6 Å². The van der Waals surface area contributed by atoms with Gasteiger partial charge in [0.2, 0.25) is 5.85 Å². The highest BCUT2D eigenvalue weighted by molar-refractivity contribution is 6.37. The van der Waals surface area contributed by atoms with Gasteiger partial charge in [0.15, 0.2) is 5.71 Å². The Kier molecular flexibility index (Phi) is 4.21. The van der Waals surface area contributed by atoms with E-state index in [0.717, 1.165) is 6.42 Å². The van der Waals surface area contributed by atoms with Crippen molar-refractivity contribution in [2.45, 2.75) is 58.5 Å². The molecule has 1 amide bonds. The Morgan fingerprint density at radius 1 is 1.36 bits per heavy atom. The van der Waals surface area contributed by atoms with E-state index < -0.39 is 23.5 Å². The highest BCUT2D eigenvalue weighted by Gasteiger charge is 2.58. The number of carbonyl (C=O) groups is 2. The van der Waals surface area contributed by atoms with E-state index in [2.05, 4.69) is 4.99 Å². The molecule has 0 aromatic rings. The Balaban J connectivity index is 2.34. The topological polar surface area (TPSA) is 77.4 Å². The average molecular weight is 312 g/mol. The molecule has 2 aliphatic heterocycles. The Bertz CT molecular complexity index is 511. The Morgan fingerprint density at radius 3 is 2.55 bits per heavy atom. The predicted octanol–water partition coefficient (Wildman–Crippen LogP) is 1.95. The van der Waals surface area contributed by atoms with Crippen LogP contribution in [0, 0.1) is 5.92 Å². The van der Waals surface area contributed by atoms with Gasteiger partial charge in [0, 0.05) is 12.0 Å². The van der Waals surface area contributed by atoms with E-state index in [1.807, 2.05) is 13.8 Å². The van der Waals surface area contributed by atoms with Crippen LogP contribution in [0.25, 0.3) is 0 Å². The maximum Gasteiger partial charge on any atom is 0.414 e. The van der Waals surface area contributed by atoms with Crippen molar-refractivity contribution in [3.05, 3.63) is 0 Å². The number of hydrogen-bond donors (Lipinski definition) is 0. The zero-order valence-electron chi connectivity index (χ0n) is 14.0. The van der Waals surface area contributed by atoms with Gasteiger partial charge >= 0.3 is 12.1 Å². The molecule has 124 valence electrons. The summed E-state index contributed by atoms with van der Waals surface area (Å²) >= 11 is 0. The monoisotopic (exact) mass is 312 g/mol. The van der Waals surface area contributed by atoms with E-state index in [9.17, 15) is 9.59 Å². The molecule has 7 nitrogen and oxygen atoms in total. The van der Waals surface area contributed by atoms with Gasteiger partial charge in [0.25, 0.3) is 0 Å². The summed E-state index contributed by atoms with van der Waals surface area (Å²) in [4.78, 5) is 30.1. The van der Waals surface area contributed by atoms with E-state index in [0.29, 0.717) is 0 Å². The van der Waals surface area contributed by atoms with Crippen molar-refractivity contribution in [1.29, 1.82) is 0 Å². The molecule has 0 aromatic heterocycles. The summed E-state index contributed by atoms with van der Waals surface area (Å²) in [5, 5.41) is 0. The van der Waals surface area contributed by atoms with Crippen molar-refractivity contribution < 1.29 is 23.8 Å². The summed E-state index contributed by atoms with van der Waals surface area (Å²) in [6, 6.07) is -0.0920. The lowest BCUT2D eigenvalue weighted by molar-refractivity contribution is -0.133. The van der Waals surface area contributed by atoms with Crippen molar-refractivity contribution in [2.75, 3.05) is 13.7 Å². The summed E-state index contributed by atoms with van der Waals surface area (Å²) in [5.74, 6) is -1.75. The van der Waals surface area contributed by atoms with E-state index in [4.69, 9.17) is 14.2 Å². The van der Waals surface area contributed by atoms with Crippen molar-refractivity contribution in [3.63, 3.8) is 0 Å². The van der Waals surface area contributed by atoms with Crippen LogP contribution in [-0.4, -0.2) is 53.9 Å². The van der Waals surface area contributed by atoms with Crippen LogP contribution in [0.15, 0.2) is 4.99 Å². The van der Waals surface area contributed by atoms with Crippen molar-refractivity contribution in [3.8, 4) is 0 Å². The first-order valence-electron chi connectivity index (χ1n) is 7.44. The van der Waals surface area contributed by atoms with Gasteiger partial charge in [-0.3, -0.25) is 4.90 Å². The van der Waals surface area contributed by atoms with Gasteiger partial charge in [0.1, 0.15) is 12.2 Å². The number of methoxy groups -OCH3 is 1. The fourth-order valence-corrected chi connectivity index (χ4v) is 2.98. The van der Waals surface area contributed by atoms with Crippen molar-refractivity contribution in [1.82, 2.24) is 4.90 Å². The van der Waals surface area contributed by atoms with Crippen LogP contribution < -0.4 is 0 Å². The number of amides is 1. The number of aliphatic imine (C=N–C) groups is 1. The van der Waals surface area contributed by atoms with Crippen LogP contribution >= 0.6 is 0 Å². The zero-order chi connectivity index (χ0) is 16.7. The second-order valence-electron chi connectivity index (χ2n) is 6.83. The van der Waals surface area contributed by atoms with Crippen LogP contribution in [0.5, 0.6) is 0 Å². The highest BCUT2D eigenvalue weighted by Crippen LogP contribution is 2.44. The summed E-state index contributed by atoms with van der Waals surface area (Å²) in [6.45, 7) is 9.32. The second-order valence-corrected chi connectivity index (χ2v) is 6.83. The maximum atomic E-state index is 12.6.